The van der Waals surface area contributed by atoms with Crippen molar-refractivity contribution in [1.29, 1.82) is 0 Å². The maximum atomic E-state index is 5.98. The molecule has 0 spiro atoms. The van der Waals surface area contributed by atoms with Crippen molar-refractivity contribution in [2.75, 3.05) is 6.54 Å². The summed E-state index contributed by atoms with van der Waals surface area (Å²) in [5.41, 5.74) is 5.98. The maximum absolute atomic E-state index is 5.98. The highest BCUT2D eigenvalue weighted by Gasteiger charge is 2.22. The molecule has 0 aliphatic heterocycles. The van der Waals surface area contributed by atoms with E-state index in [-0.39, 0.29) is 0 Å². The van der Waals surface area contributed by atoms with E-state index >= 15 is 0 Å². The van der Waals surface area contributed by atoms with Crippen molar-refractivity contribution in [3.63, 3.8) is 0 Å². The summed E-state index contributed by atoms with van der Waals surface area (Å²) >= 11 is 1.83. The van der Waals surface area contributed by atoms with Crippen molar-refractivity contribution in [1.82, 2.24) is 5.32 Å². The zero-order valence-electron chi connectivity index (χ0n) is 8.41. The van der Waals surface area contributed by atoms with Gasteiger partial charge in [0.15, 0.2) is 0 Å². The van der Waals surface area contributed by atoms with Crippen LogP contribution in [0.1, 0.15) is 24.1 Å². The van der Waals surface area contributed by atoms with Crippen LogP contribution in [0.15, 0.2) is 17.5 Å². The Morgan fingerprint density at radius 1 is 1.50 bits per heavy atom. The first kappa shape index (κ1) is 10.1. The Morgan fingerprint density at radius 3 is 3.07 bits per heavy atom. The molecule has 1 fully saturated rings. The molecule has 0 saturated heterocycles. The fraction of sp³-hybridized carbons (Fsp3) is 0.636. The predicted octanol–water partition coefficient (Wildman–Crippen LogP) is 1.76. The largest absolute Gasteiger partial charge is 0.326 e. The molecule has 0 unspecified atom stereocenters. The minimum Gasteiger partial charge on any atom is -0.326 e. The Balaban J connectivity index is 1.68. The second-order valence-corrected chi connectivity index (χ2v) is 5.02. The van der Waals surface area contributed by atoms with Gasteiger partial charge in [-0.3, -0.25) is 0 Å². The van der Waals surface area contributed by atoms with Crippen molar-refractivity contribution in [2.24, 2.45) is 5.73 Å². The first-order chi connectivity index (χ1) is 6.86. The minimum atomic E-state index is 0.387. The molecule has 0 bridgehead atoms. The Labute approximate surface area is 89.5 Å². The molecule has 2 nitrogen and oxygen atoms in total. The number of hydrogen-bond donors (Lipinski definition) is 2. The van der Waals surface area contributed by atoms with Gasteiger partial charge in [-0.2, -0.15) is 0 Å². The van der Waals surface area contributed by atoms with Crippen molar-refractivity contribution in [3.05, 3.63) is 22.4 Å². The Morgan fingerprint density at radius 2 is 2.43 bits per heavy atom. The average molecular weight is 210 g/mol. The lowest BCUT2D eigenvalue weighted by atomic mass is 10.2. The highest BCUT2D eigenvalue weighted by molar-refractivity contribution is 7.09. The normalized spacial score (nSPS) is 26.9. The molecule has 78 valence electrons. The molecule has 2 atom stereocenters. The van der Waals surface area contributed by atoms with Crippen LogP contribution in [0.25, 0.3) is 0 Å². The van der Waals surface area contributed by atoms with Crippen molar-refractivity contribution in [2.45, 2.75) is 37.8 Å². The van der Waals surface area contributed by atoms with Crippen molar-refractivity contribution < 1.29 is 0 Å². The van der Waals surface area contributed by atoms with Crippen LogP contribution in [0.5, 0.6) is 0 Å². The van der Waals surface area contributed by atoms with E-state index < -0.39 is 0 Å². The van der Waals surface area contributed by atoms with Crippen LogP contribution in [-0.2, 0) is 6.42 Å². The molecule has 1 heterocycles. The van der Waals surface area contributed by atoms with Crippen LogP contribution in [-0.4, -0.2) is 18.6 Å². The van der Waals surface area contributed by atoms with E-state index in [0.717, 1.165) is 13.0 Å². The standard InChI is InChI=1S/C11H18N2S/c12-10-4-1-5-11(10)13-7-6-9-3-2-8-14-9/h2-3,8,10-11,13H,1,4-7,12H2/t10-,11-/m0/s1. The fourth-order valence-corrected chi connectivity index (χ4v) is 2.79. The first-order valence-electron chi connectivity index (χ1n) is 5.37. The molecule has 0 aromatic carbocycles. The van der Waals surface area contributed by atoms with Gasteiger partial charge in [0, 0.05) is 23.5 Å². The van der Waals surface area contributed by atoms with Crippen LogP contribution in [0.3, 0.4) is 0 Å². The molecule has 2 rings (SSSR count). The summed E-state index contributed by atoms with van der Waals surface area (Å²) in [7, 11) is 0. The fourth-order valence-electron chi connectivity index (χ4n) is 2.08. The van der Waals surface area contributed by atoms with Crippen LogP contribution < -0.4 is 11.1 Å². The third-order valence-electron chi connectivity index (χ3n) is 2.93. The summed E-state index contributed by atoms with van der Waals surface area (Å²) in [4.78, 5) is 1.46. The number of thiophene rings is 1. The minimum absolute atomic E-state index is 0.387. The van der Waals surface area contributed by atoms with E-state index in [4.69, 9.17) is 5.73 Å². The van der Waals surface area contributed by atoms with Crippen LogP contribution >= 0.6 is 11.3 Å². The lowest BCUT2D eigenvalue weighted by molar-refractivity contribution is 0.480. The summed E-state index contributed by atoms with van der Waals surface area (Å²) in [5, 5.41) is 5.69. The number of hydrogen-bond acceptors (Lipinski definition) is 3. The van der Waals surface area contributed by atoms with Crippen LogP contribution in [0.4, 0.5) is 0 Å². The molecule has 1 aliphatic rings. The quantitative estimate of drug-likeness (QED) is 0.794. The zero-order valence-corrected chi connectivity index (χ0v) is 9.22. The molecule has 1 aromatic rings. The third-order valence-corrected chi connectivity index (χ3v) is 3.86. The Kier molecular flexibility index (Phi) is 3.56. The van der Waals surface area contributed by atoms with E-state index in [9.17, 15) is 0 Å². The van der Waals surface area contributed by atoms with Crippen molar-refractivity contribution in [3.8, 4) is 0 Å². The van der Waals surface area contributed by atoms with Gasteiger partial charge >= 0.3 is 0 Å². The second kappa shape index (κ2) is 4.91. The molecular weight excluding hydrogens is 192 g/mol. The highest BCUT2D eigenvalue weighted by Crippen LogP contribution is 2.17. The smallest absolute Gasteiger partial charge is 0.0219 e. The first-order valence-corrected chi connectivity index (χ1v) is 6.25. The molecule has 0 radical (unpaired) electrons. The lowest BCUT2D eigenvalue weighted by Gasteiger charge is -2.16. The summed E-state index contributed by atoms with van der Waals surface area (Å²) in [6.07, 6.45) is 4.88. The van der Waals surface area contributed by atoms with Gasteiger partial charge in [-0.15, -0.1) is 11.3 Å². The number of rotatable bonds is 4. The second-order valence-electron chi connectivity index (χ2n) is 3.98. The van der Waals surface area contributed by atoms with E-state index in [2.05, 4.69) is 22.8 Å². The van der Waals surface area contributed by atoms with Gasteiger partial charge in [0.25, 0.3) is 0 Å². The predicted molar refractivity (Wildman–Crippen MR) is 61.6 cm³/mol. The van der Waals surface area contributed by atoms with Gasteiger partial charge in [-0.25, -0.2) is 0 Å². The van der Waals surface area contributed by atoms with Gasteiger partial charge < -0.3 is 11.1 Å². The Bertz CT molecular complexity index is 258. The molecule has 1 saturated carbocycles. The molecule has 3 N–H and O–H groups in total. The van der Waals surface area contributed by atoms with E-state index in [0.29, 0.717) is 12.1 Å². The highest BCUT2D eigenvalue weighted by atomic mass is 32.1. The molecule has 1 aromatic heterocycles. The molecule has 0 amide bonds. The molecule has 14 heavy (non-hydrogen) atoms. The molecular formula is C11H18N2S. The zero-order chi connectivity index (χ0) is 9.80. The number of nitrogens with one attached hydrogen (secondary N) is 1. The lowest BCUT2D eigenvalue weighted by Crippen LogP contribution is -2.41. The molecule has 3 heteroatoms. The SMILES string of the molecule is N[C@H]1CCC[C@@H]1NCCc1cccs1. The van der Waals surface area contributed by atoms with Gasteiger partial charge in [-0.05, 0) is 30.7 Å². The summed E-state index contributed by atoms with van der Waals surface area (Å²) in [5.74, 6) is 0. The summed E-state index contributed by atoms with van der Waals surface area (Å²) in [6.45, 7) is 1.07. The van der Waals surface area contributed by atoms with Gasteiger partial charge in [0.05, 0.1) is 0 Å². The topological polar surface area (TPSA) is 38.0 Å². The van der Waals surface area contributed by atoms with Gasteiger partial charge in [0.2, 0.25) is 0 Å². The van der Waals surface area contributed by atoms with Gasteiger partial charge in [0.1, 0.15) is 0 Å². The number of nitrogens with two attached hydrogens (primary N) is 1. The third kappa shape index (κ3) is 2.56. The van der Waals surface area contributed by atoms with E-state index in [1.54, 1.807) is 0 Å². The average Bonchev–Trinajstić information content (AvgIpc) is 2.78. The molecule has 1 aliphatic carbocycles. The summed E-state index contributed by atoms with van der Waals surface area (Å²) in [6, 6.07) is 5.26. The maximum Gasteiger partial charge on any atom is 0.0219 e. The van der Waals surface area contributed by atoms with Gasteiger partial charge in [-0.1, -0.05) is 12.5 Å². The summed E-state index contributed by atoms with van der Waals surface area (Å²) < 4.78 is 0. The van der Waals surface area contributed by atoms with Crippen LogP contribution in [0, 0.1) is 0 Å². The van der Waals surface area contributed by atoms with Crippen LogP contribution in [0.2, 0.25) is 0 Å². The van der Waals surface area contributed by atoms with Crippen molar-refractivity contribution >= 4 is 11.3 Å². The Hall–Kier alpha value is -0.380. The van der Waals surface area contributed by atoms with E-state index in [1.165, 1.54) is 24.1 Å². The van der Waals surface area contributed by atoms with E-state index in [1.807, 2.05) is 11.3 Å². The monoisotopic (exact) mass is 210 g/mol.